The van der Waals surface area contributed by atoms with Crippen LogP contribution >= 0.6 is 11.6 Å². The molecule has 4 rings (SSSR count). The zero-order valence-corrected chi connectivity index (χ0v) is 23.4. The van der Waals surface area contributed by atoms with Gasteiger partial charge in [-0.3, -0.25) is 14.5 Å². The Balaban J connectivity index is 1.56. The molecule has 0 spiro atoms. The van der Waals surface area contributed by atoms with Crippen LogP contribution in [0.1, 0.15) is 90.0 Å². The lowest BCUT2D eigenvalue weighted by Gasteiger charge is -2.36. The summed E-state index contributed by atoms with van der Waals surface area (Å²) in [6.45, 7) is 3.88. The number of fused-ring (bicyclic) bond motifs is 1. The number of imide groups is 1. The van der Waals surface area contributed by atoms with Crippen LogP contribution < -0.4 is 0 Å². The standard InChI is InChI=1S/C31H42ClNO5/c1-3-8-21-16-24-29(31(38)33(30(24)37)22-9-6-5-7-10-22)25(18-34)28(21)27(36)14-11-19(4-2)15-20-12-13-23(35)17-26(20)32/h12-13,15,17,22,24-25,27,29,34-36H,3-11,14,16,18H2,1-2H3/b19-15+/t24-,25+,27-,29-/m1/s1. The summed E-state index contributed by atoms with van der Waals surface area (Å²) >= 11 is 6.30. The van der Waals surface area contributed by atoms with Crippen LogP contribution in [0, 0.1) is 17.8 Å². The maximum Gasteiger partial charge on any atom is 0.234 e. The number of likely N-dealkylation sites (tertiary alicyclic amines) is 1. The fourth-order valence-corrected chi connectivity index (χ4v) is 7.13. The van der Waals surface area contributed by atoms with Crippen molar-refractivity contribution in [3.05, 3.63) is 45.5 Å². The number of phenols is 1. The average Bonchev–Trinajstić information content (AvgIpc) is 3.16. The molecule has 0 radical (unpaired) electrons. The molecule has 208 valence electrons. The molecule has 1 saturated heterocycles. The Bertz CT molecular complexity index is 1090. The number of rotatable bonds is 10. The van der Waals surface area contributed by atoms with Crippen molar-refractivity contribution in [2.75, 3.05) is 6.61 Å². The Morgan fingerprint density at radius 2 is 1.89 bits per heavy atom. The van der Waals surface area contributed by atoms with E-state index in [9.17, 15) is 24.9 Å². The van der Waals surface area contributed by atoms with Crippen molar-refractivity contribution in [3.63, 3.8) is 0 Å². The first-order valence-corrected chi connectivity index (χ1v) is 14.7. The van der Waals surface area contributed by atoms with Crippen molar-refractivity contribution in [2.24, 2.45) is 17.8 Å². The quantitative estimate of drug-likeness (QED) is 0.247. The summed E-state index contributed by atoms with van der Waals surface area (Å²) < 4.78 is 0. The first-order chi connectivity index (χ1) is 18.3. The first kappa shape index (κ1) is 28.8. The largest absolute Gasteiger partial charge is 0.508 e. The third-order valence-corrected chi connectivity index (χ3v) is 9.13. The second-order valence-electron chi connectivity index (χ2n) is 11.2. The number of phenolic OH excluding ortho intramolecular Hbond substituents is 1. The molecule has 3 N–H and O–H groups in total. The SMILES string of the molecule is CCCC1=C([C@H](O)CC/C(=C/c2ccc(O)cc2Cl)CC)[C@H](CO)[C@@H]2C(=O)N(C3CCCCC3)C(=O)[C@@H]2C1. The molecule has 0 bridgehead atoms. The number of carbonyl (C=O) groups is 2. The van der Waals surface area contributed by atoms with E-state index in [-0.39, 0.29) is 30.2 Å². The van der Waals surface area contributed by atoms with Crippen LogP contribution in [-0.4, -0.2) is 50.8 Å². The second-order valence-corrected chi connectivity index (χ2v) is 11.6. The highest BCUT2D eigenvalue weighted by Crippen LogP contribution is 2.48. The van der Waals surface area contributed by atoms with E-state index in [1.807, 2.05) is 6.08 Å². The highest BCUT2D eigenvalue weighted by molar-refractivity contribution is 6.32. The fourth-order valence-electron chi connectivity index (χ4n) is 6.90. The number of aliphatic hydroxyl groups excluding tert-OH is 2. The molecule has 7 heteroatoms. The molecule has 1 aromatic carbocycles. The van der Waals surface area contributed by atoms with E-state index in [1.165, 1.54) is 11.0 Å². The van der Waals surface area contributed by atoms with Gasteiger partial charge in [0.1, 0.15) is 5.75 Å². The number of halogens is 1. The maximum atomic E-state index is 13.7. The fraction of sp³-hybridized carbons (Fsp3) is 0.613. The molecule has 0 unspecified atom stereocenters. The Kier molecular flexibility index (Phi) is 9.72. The molecule has 1 aromatic rings. The molecule has 0 aromatic heterocycles. The van der Waals surface area contributed by atoms with Crippen molar-refractivity contribution in [2.45, 2.75) is 96.6 Å². The average molecular weight is 544 g/mol. The summed E-state index contributed by atoms with van der Waals surface area (Å²) in [6.07, 6.45) is 10.1. The number of hydrogen-bond donors (Lipinski definition) is 3. The van der Waals surface area contributed by atoms with Gasteiger partial charge in [-0.15, -0.1) is 0 Å². The molecule has 6 nitrogen and oxygen atoms in total. The summed E-state index contributed by atoms with van der Waals surface area (Å²) in [5.74, 6) is -1.66. The highest BCUT2D eigenvalue weighted by Gasteiger charge is 2.56. The first-order valence-electron chi connectivity index (χ1n) is 14.4. The Morgan fingerprint density at radius 1 is 1.16 bits per heavy atom. The topological polar surface area (TPSA) is 98.1 Å². The van der Waals surface area contributed by atoms with E-state index >= 15 is 0 Å². The van der Waals surface area contributed by atoms with Crippen molar-refractivity contribution in [1.29, 1.82) is 0 Å². The van der Waals surface area contributed by atoms with Gasteiger partial charge in [-0.25, -0.2) is 0 Å². The summed E-state index contributed by atoms with van der Waals surface area (Å²) in [5, 5.41) is 32.1. The van der Waals surface area contributed by atoms with E-state index in [0.29, 0.717) is 24.3 Å². The van der Waals surface area contributed by atoms with Crippen LogP contribution in [0.4, 0.5) is 0 Å². The molecular formula is C31H42ClNO5. The molecule has 2 aliphatic carbocycles. The zero-order valence-electron chi connectivity index (χ0n) is 22.7. The van der Waals surface area contributed by atoms with Crippen molar-refractivity contribution >= 4 is 29.5 Å². The summed E-state index contributed by atoms with van der Waals surface area (Å²) in [6, 6.07) is 4.86. The molecule has 1 heterocycles. The van der Waals surface area contributed by atoms with Gasteiger partial charge < -0.3 is 15.3 Å². The number of amides is 2. The van der Waals surface area contributed by atoms with Gasteiger partial charge in [0.05, 0.1) is 29.6 Å². The zero-order chi connectivity index (χ0) is 27.4. The van der Waals surface area contributed by atoms with Crippen LogP contribution in [-0.2, 0) is 9.59 Å². The number of aromatic hydroxyl groups is 1. The minimum absolute atomic E-state index is 0.0272. The van der Waals surface area contributed by atoms with Crippen LogP contribution in [0.3, 0.4) is 0 Å². The van der Waals surface area contributed by atoms with Crippen molar-refractivity contribution < 1.29 is 24.9 Å². The molecule has 1 aliphatic heterocycles. The van der Waals surface area contributed by atoms with Crippen molar-refractivity contribution in [3.8, 4) is 5.75 Å². The van der Waals surface area contributed by atoms with E-state index in [1.54, 1.807) is 12.1 Å². The van der Waals surface area contributed by atoms with E-state index in [0.717, 1.165) is 73.6 Å². The van der Waals surface area contributed by atoms with Crippen LogP contribution in [0.25, 0.3) is 6.08 Å². The Labute approximate surface area is 231 Å². The predicted octanol–water partition coefficient (Wildman–Crippen LogP) is 6.02. The molecule has 3 aliphatic rings. The lowest BCUT2D eigenvalue weighted by atomic mass is 9.67. The van der Waals surface area contributed by atoms with Crippen LogP contribution in [0.15, 0.2) is 34.9 Å². The number of carbonyl (C=O) groups excluding carboxylic acids is 2. The van der Waals surface area contributed by atoms with Gasteiger partial charge >= 0.3 is 0 Å². The highest BCUT2D eigenvalue weighted by atomic mass is 35.5. The minimum atomic E-state index is -0.800. The van der Waals surface area contributed by atoms with Gasteiger partial charge in [-0.05, 0) is 74.3 Å². The minimum Gasteiger partial charge on any atom is -0.508 e. The molecule has 4 atom stereocenters. The normalized spacial score (nSPS) is 25.8. The van der Waals surface area contributed by atoms with E-state index in [2.05, 4.69) is 13.8 Å². The maximum absolute atomic E-state index is 13.7. The van der Waals surface area contributed by atoms with E-state index < -0.39 is 23.9 Å². The van der Waals surface area contributed by atoms with Crippen LogP contribution in [0.2, 0.25) is 5.02 Å². The van der Waals surface area contributed by atoms with Crippen molar-refractivity contribution in [1.82, 2.24) is 4.90 Å². The van der Waals surface area contributed by atoms with Gasteiger partial charge in [0.2, 0.25) is 11.8 Å². The third kappa shape index (κ3) is 5.88. The van der Waals surface area contributed by atoms with Gasteiger partial charge in [0.15, 0.2) is 0 Å². The number of benzene rings is 1. The Morgan fingerprint density at radius 3 is 2.53 bits per heavy atom. The molecule has 38 heavy (non-hydrogen) atoms. The van der Waals surface area contributed by atoms with Gasteiger partial charge in [0, 0.05) is 12.0 Å². The monoisotopic (exact) mass is 543 g/mol. The number of aliphatic hydroxyl groups is 2. The molecule has 2 fully saturated rings. The molecular weight excluding hydrogens is 502 g/mol. The summed E-state index contributed by atoms with van der Waals surface area (Å²) in [5.41, 5.74) is 3.74. The Hall–Kier alpha value is -2.15. The second kappa shape index (κ2) is 12.8. The van der Waals surface area contributed by atoms with E-state index in [4.69, 9.17) is 11.6 Å². The predicted molar refractivity (Wildman–Crippen MR) is 149 cm³/mol. The summed E-state index contributed by atoms with van der Waals surface area (Å²) in [7, 11) is 0. The van der Waals surface area contributed by atoms with Crippen LogP contribution in [0.5, 0.6) is 5.75 Å². The van der Waals surface area contributed by atoms with Gasteiger partial charge in [-0.1, -0.05) is 68.4 Å². The number of allylic oxidation sites excluding steroid dienone is 2. The number of nitrogens with zero attached hydrogens (tertiary/aromatic N) is 1. The summed E-state index contributed by atoms with van der Waals surface area (Å²) in [4.78, 5) is 28.7. The lowest BCUT2D eigenvalue weighted by Crippen LogP contribution is -2.42. The third-order valence-electron chi connectivity index (χ3n) is 8.80. The van der Waals surface area contributed by atoms with Gasteiger partial charge in [-0.2, -0.15) is 0 Å². The number of hydrogen-bond acceptors (Lipinski definition) is 5. The lowest BCUT2D eigenvalue weighted by molar-refractivity contribution is -0.143. The smallest absolute Gasteiger partial charge is 0.234 e. The van der Waals surface area contributed by atoms with Gasteiger partial charge in [0.25, 0.3) is 0 Å². The molecule has 1 saturated carbocycles. The molecule has 2 amide bonds.